The second-order valence-electron chi connectivity index (χ2n) is 5.06. The molecule has 0 fully saturated rings. The maximum atomic E-state index is 13.8. The quantitative estimate of drug-likeness (QED) is 0.658. The van der Waals surface area contributed by atoms with Gasteiger partial charge in [-0.05, 0) is 39.0 Å². The van der Waals surface area contributed by atoms with E-state index in [-0.39, 0.29) is 5.69 Å². The average Bonchev–Trinajstić information content (AvgIpc) is 2.30. The van der Waals surface area contributed by atoms with Gasteiger partial charge in [0.2, 0.25) is 0 Å². The number of carbonyl (C=O) groups is 1. The van der Waals surface area contributed by atoms with Crippen molar-refractivity contribution in [1.82, 2.24) is 0 Å². The van der Waals surface area contributed by atoms with Crippen LogP contribution in [0.25, 0.3) is 0 Å². The van der Waals surface area contributed by atoms with Crippen LogP contribution in [0.4, 0.5) is 14.9 Å². The van der Waals surface area contributed by atoms with Gasteiger partial charge in [0.1, 0.15) is 11.4 Å². The summed E-state index contributed by atoms with van der Waals surface area (Å²) in [5, 5.41) is 2.36. The third-order valence-corrected chi connectivity index (χ3v) is 2.25. The summed E-state index contributed by atoms with van der Waals surface area (Å²) in [6, 6.07) is 4.33. The normalized spacial score (nSPS) is 10.4. The Morgan fingerprint density at radius 2 is 2.15 bits per heavy atom. The molecule has 0 radical (unpaired) electrons. The Balaban J connectivity index is 2.74. The summed E-state index contributed by atoms with van der Waals surface area (Å²) in [5.41, 5.74) is -0.0439. The van der Waals surface area contributed by atoms with Gasteiger partial charge in [0.15, 0.2) is 0 Å². The highest BCUT2D eigenvalue weighted by atomic mass is 35.5. The smallest absolute Gasteiger partial charge is 0.412 e. The molecule has 0 saturated carbocycles. The van der Waals surface area contributed by atoms with E-state index in [0.717, 1.165) is 0 Å². The third-order valence-electron chi connectivity index (χ3n) is 2.06. The Morgan fingerprint density at radius 3 is 2.70 bits per heavy atom. The van der Waals surface area contributed by atoms with E-state index < -0.39 is 17.5 Å². The molecule has 0 atom stereocenters. The first-order chi connectivity index (χ1) is 9.31. The number of anilines is 1. The predicted octanol–water partition coefficient (Wildman–Crippen LogP) is 4.15. The molecule has 0 aromatic heterocycles. The van der Waals surface area contributed by atoms with Crippen molar-refractivity contribution in [3.05, 3.63) is 29.6 Å². The van der Waals surface area contributed by atoms with E-state index in [1.54, 1.807) is 26.8 Å². The summed E-state index contributed by atoms with van der Waals surface area (Å²) < 4.78 is 18.8. The molecule has 0 aliphatic rings. The van der Waals surface area contributed by atoms with Crippen molar-refractivity contribution >= 4 is 23.4 Å². The van der Waals surface area contributed by atoms with Crippen LogP contribution in [0.5, 0.6) is 0 Å². The van der Waals surface area contributed by atoms with Gasteiger partial charge in [-0.15, -0.1) is 11.6 Å². The topological polar surface area (TPSA) is 38.3 Å². The van der Waals surface area contributed by atoms with E-state index in [1.165, 1.54) is 12.1 Å². The molecule has 1 aromatic carbocycles. The molecular formula is C15H17ClFNO2. The minimum absolute atomic E-state index is 0.0575. The second kappa shape index (κ2) is 7.16. The standard InChI is InChI=1S/C15H17ClFNO2/c1-15(2,3)20-14(19)18-13-8-7-11(10-12(13)17)6-4-5-9-16/h7-8,10H,5,9H2,1-3H3,(H,18,19). The van der Waals surface area contributed by atoms with Crippen LogP contribution in [0.1, 0.15) is 32.8 Å². The highest BCUT2D eigenvalue weighted by Crippen LogP contribution is 2.17. The van der Waals surface area contributed by atoms with Gasteiger partial charge in [0, 0.05) is 17.9 Å². The molecular weight excluding hydrogens is 281 g/mol. The van der Waals surface area contributed by atoms with E-state index >= 15 is 0 Å². The molecule has 0 aliphatic heterocycles. The van der Waals surface area contributed by atoms with Crippen LogP contribution in [0.2, 0.25) is 0 Å². The Morgan fingerprint density at radius 1 is 1.45 bits per heavy atom. The number of rotatable bonds is 2. The van der Waals surface area contributed by atoms with Gasteiger partial charge in [-0.3, -0.25) is 5.32 Å². The molecule has 1 amide bonds. The molecule has 20 heavy (non-hydrogen) atoms. The maximum Gasteiger partial charge on any atom is 0.412 e. The summed E-state index contributed by atoms with van der Waals surface area (Å²) in [6.45, 7) is 5.20. The van der Waals surface area contributed by atoms with Crippen molar-refractivity contribution in [2.24, 2.45) is 0 Å². The third kappa shape index (κ3) is 5.94. The predicted molar refractivity (Wildman–Crippen MR) is 78.5 cm³/mol. The molecule has 5 heteroatoms. The molecule has 1 rings (SSSR count). The lowest BCUT2D eigenvalue weighted by Crippen LogP contribution is -2.27. The van der Waals surface area contributed by atoms with Crippen LogP contribution in [-0.4, -0.2) is 17.6 Å². The zero-order valence-corrected chi connectivity index (χ0v) is 12.5. The first-order valence-corrected chi connectivity index (χ1v) is 6.69. The lowest BCUT2D eigenvalue weighted by Gasteiger charge is -2.19. The molecule has 0 heterocycles. The summed E-state index contributed by atoms with van der Waals surface area (Å²) in [6.07, 6.45) is -0.154. The maximum absolute atomic E-state index is 13.8. The molecule has 0 spiro atoms. The van der Waals surface area contributed by atoms with Crippen molar-refractivity contribution < 1.29 is 13.9 Å². The Labute approximate surface area is 123 Å². The zero-order valence-electron chi connectivity index (χ0n) is 11.7. The van der Waals surface area contributed by atoms with Crippen LogP contribution in [0.15, 0.2) is 18.2 Å². The first-order valence-electron chi connectivity index (χ1n) is 6.16. The van der Waals surface area contributed by atoms with Gasteiger partial charge >= 0.3 is 6.09 Å². The largest absolute Gasteiger partial charge is 0.444 e. The number of alkyl halides is 1. The minimum atomic E-state index is -0.697. The molecule has 0 unspecified atom stereocenters. The van der Waals surface area contributed by atoms with Crippen LogP contribution in [-0.2, 0) is 4.74 Å². The van der Waals surface area contributed by atoms with Crippen molar-refractivity contribution in [3.63, 3.8) is 0 Å². The molecule has 0 bridgehead atoms. The van der Waals surface area contributed by atoms with Crippen molar-refractivity contribution in [3.8, 4) is 11.8 Å². The van der Waals surface area contributed by atoms with E-state index in [0.29, 0.717) is 17.9 Å². The number of nitrogens with one attached hydrogen (secondary N) is 1. The van der Waals surface area contributed by atoms with Gasteiger partial charge in [-0.25, -0.2) is 9.18 Å². The van der Waals surface area contributed by atoms with Crippen LogP contribution in [0, 0.1) is 17.7 Å². The summed E-state index contributed by atoms with van der Waals surface area (Å²) >= 11 is 5.50. The van der Waals surface area contributed by atoms with E-state index in [2.05, 4.69) is 17.2 Å². The molecule has 0 saturated heterocycles. The fraction of sp³-hybridized carbons (Fsp3) is 0.400. The number of amides is 1. The van der Waals surface area contributed by atoms with Crippen molar-refractivity contribution in [1.29, 1.82) is 0 Å². The fourth-order valence-corrected chi connectivity index (χ4v) is 1.41. The van der Waals surface area contributed by atoms with Crippen LogP contribution < -0.4 is 5.32 Å². The lowest BCUT2D eigenvalue weighted by molar-refractivity contribution is 0.0635. The zero-order chi connectivity index (χ0) is 15.2. The average molecular weight is 298 g/mol. The Kier molecular flexibility index (Phi) is 5.84. The molecule has 1 N–H and O–H groups in total. The van der Waals surface area contributed by atoms with Gasteiger partial charge in [0.05, 0.1) is 5.69 Å². The Bertz CT molecular complexity index is 541. The SMILES string of the molecule is CC(C)(C)OC(=O)Nc1ccc(C#CCCCl)cc1F. The highest BCUT2D eigenvalue weighted by Gasteiger charge is 2.17. The highest BCUT2D eigenvalue weighted by molar-refractivity contribution is 6.18. The van der Waals surface area contributed by atoms with E-state index in [9.17, 15) is 9.18 Å². The Hall–Kier alpha value is -1.73. The lowest BCUT2D eigenvalue weighted by atomic mass is 10.2. The van der Waals surface area contributed by atoms with Gasteiger partial charge in [0.25, 0.3) is 0 Å². The van der Waals surface area contributed by atoms with E-state index in [1.807, 2.05) is 0 Å². The number of hydrogen-bond donors (Lipinski definition) is 1. The molecule has 3 nitrogen and oxygen atoms in total. The number of halogens is 2. The summed E-state index contributed by atoms with van der Waals surface area (Å²) in [4.78, 5) is 11.5. The molecule has 1 aromatic rings. The van der Waals surface area contributed by atoms with Gasteiger partial charge < -0.3 is 4.74 Å². The van der Waals surface area contributed by atoms with E-state index in [4.69, 9.17) is 16.3 Å². The van der Waals surface area contributed by atoms with Crippen LogP contribution in [0.3, 0.4) is 0 Å². The minimum Gasteiger partial charge on any atom is -0.444 e. The van der Waals surface area contributed by atoms with Crippen molar-refractivity contribution in [2.75, 3.05) is 11.2 Å². The van der Waals surface area contributed by atoms with Gasteiger partial charge in [-0.1, -0.05) is 11.8 Å². The summed E-state index contributed by atoms with van der Waals surface area (Å²) in [7, 11) is 0. The number of benzene rings is 1. The number of ether oxygens (including phenoxy) is 1. The van der Waals surface area contributed by atoms with Gasteiger partial charge in [-0.2, -0.15) is 0 Å². The summed E-state index contributed by atoms with van der Waals surface area (Å²) in [5.74, 6) is 5.47. The van der Waals surface area contributed by atoms with Crippen molar-refractivity contribution in [2.45, 2.75) is 32.8 Å². The number of hydrogen-bond acceptors (Lipinski definition) is 2. The number of carbonyl (C=O) groups excluding carboxylic acids is 1. The molecule has 0 aliphatic carbocycles. The molecule has 108 valence electrons. The fourth-order valence-electron chi connectivity index (χ4n) is 1.32. The van der Waals surface area contributed by atoms with Crippen LogP contribution >= 0.6 is 11.6 Å². The monoisotopic (exact) mass is 297 g/mol. The second-order valence-corrected chi connectivity index (χ2v) is 5.44. The first kappa shape index (κ1) is 16.3.